The average Bonchev–Trinajstić information content (AvgIpc) is 2.47. The van der Waals surface area contributed by atoms with Crippen LogP contribution in [-0.2, 0) is 14.8 Å². The van der Waals surface area contributed by atoms with Crippen molar-refractivity contribution in [2.45, 2.75) is 18.7 Å². The van der Waals surface area contributed by atoms with Gasteiger partial charge in [0.25, 0.3) is 0 Å². The van der Waals surface area contributed by atoms with Crippen LogP contribution in [0.25, 0.3) is 0 Å². The maximum atomic E-state index is 12.5. The summed E-state index contributed by atoms with van der Waals surface area (Å²) in [5.74, 6) is -0.208. The van der Waals surface area contributed by atoms with Gasteiger partial charge in [-0.25, -0.2) is 8.42 Å². The molecule has 1 aromatic rings. The summed E-state index contributed by atoms with van der Waals surface area (Å²) < 4.78 is 31.5. The second kappa shape index (κ2) is 6.03. The highest BCUT2D eigenvalue weighted by Crippen LogP contribution is 2.19. The fourth-order valence-electron chi connectivity index (χ4n) is 2.08. The molecule has 0 spiro atoms. The standard InChI is InChI=1S/C14H19NO4S/c1-11(2)14(16)12-4-3-5-13(10-12)20(17,18)15-6-8-19-9-7-15/h3-5,10-11H,6-9H2,1-2H3. The summed E-state index contributed by atoms with van der Waals surface area (Å²) in [4.78, 5) is 12.1. The second-order valence-corrected chi connectivity index (χ2v) is 7.00. The number of carbonyl (C=O) groups excluding carboxylic acids is 1. The predicted octanol–water partition coefficient (Wildman–Crippen LogP) is 1.55. The van der Waals surface area contributed by atoms with Gasteiger partial charge in [0, 0.05) is 24.6 Å². The zero-order valence-electron chi connectivity index (χ0n) is 11.7. The lowest BCUT2D eigenvalue weighted by molar-refractivity contribution is 0.0730. The van der Waals surface area contributed by atoms with E-state index in [1.165, 1.54) is 16.4 Å². The third-order valence-corrected chi connectivity index (χ3v) is 5.15. The van der Waals surface area contributed by atoms with Gasteiger partial charge in [-0.15, -0.1) is 0 Å². The molecule has 0 amide bonds. The molecule has 1 heterocycles. The number of hydrogen-bond donors (Lipinski definition) is 0. The highest BCUT2D eigenvalue weighted by molar-refractivity contribution is 7.89. The van der Waals surface area contributed by atoms with Gasteiger partial charge < -0.3 is 4.74 Å². The van der Waals surface area contributed by atoms with Gasteiger partial charge in [-0.05, 0) is 12.1 Å². The molecule has 1 saturated heterocycles. The van der Waals surface area contributed by atoms with Gasteiger partial charge in [-0.1, -0.05) is 26.0 Å². The number of ketones is 1. The molecule has 110 valence electrons. The van der Waals surface area contributed by atoms with Crippen LogP contribution in [0.15, 0.2) is 29.2 Å². The van der Waals surface area contributed by atoms with Crippen LogP contribution >= 0.6 is 0 Å². The molecular formula is C14H19NO4S. The number of benzene rings is 1. The van der Waals surface area contributed by atoms with Crippen molar-refractivity contribution < 1.29 is 17.9 Å². The molecule has 0 aromatic heterocycles. The maximum Gasteiger partial charge on any atom is 0.243 e. The Labute approximate surface area is 119 Å². The van der Waals surface area contributed by atoms with Crippen LogP contribution in [0.3, 0.4) is 0 Å². The molecule has 6 heteroatoms. The quantitative estimate of drug-likeness (QED) is 0.791. The first-order chi connectivity index (χ1) is 9.43. The van der Waals surface area contributed by atoms with Gasteiger partial charge >= 0.3 is 0 Å². The molecule has 1 fully saturated rings. The molecule has 2 rings (SSSR count). The predicted molar refractivity (Wildman–Crippen MR) is 75.2 cm³/mol. The summed E-state index contributed by atoms with van der Waals surface area (Å²) in [5, 5.41) is 0. The largest absolute Gasteiger partial charge is 0.379 e. The Balaban J connectivity index is 2.32. The van der Waals surface area contributed by atoms with Crippen LogP contribution < -0.4 is 0 Å². The topological polar surface area (TPSA) is 63.7 Å². The van der Waals surface area contributed by atoms with E-state index in [9.17, 15) is 13.2 Å². The van der Waals surface area contributed by atoms with Crippen molar-refractivity contribution in [3.63, 3.8) is 0 Å². The van der Waals surface area contributed by atoms with Gasteiger partial charge in [0.1, 0.15) is 0 Å². The molecule has 5 nitrogen and oxygen atoms in total. The molecule has 0 saturated carbocycles. The minimum Gasteiger partial charge on any atom is -0.379 e. The van der Waals surface area contributed by atoms with E-state index in [0.717, 1.165) is 0 Å². The van der Waals surface area contributed by atoms with Gasteiger partial charge in [-0.3, -0.25) is 4.79 Å². The van der Waals surface area contributed by atoms with Crippen molar-refractivity contribution in [1.29, 1.82) is 0 Å². The Bertz CT molecular complexity index is 589. The van der Waals surface area contributed by atoms with E-state index in [1.54, 1.807) is 26.0 Å². The summed E-state index contributed by atoms with van der Waals surface area (Å²) in [7, 11) is -3.54. The molecule has 0 radical (unpaired) electrons. The number of hydrogen-bond acceptors (Lipinski definition) is 4. The molecule has 1 aliphatic rings. The van der Waals surface area contributed by atoms with Crippen LogP contribution in [0, 0.1) is 5.92 Å². The molecular weight excluding hydrogens is 278 g/mol. The fourth-order valence-corrected chi connectivity index (χ4v) is 3.53. The normalized spacial score (nSPS) is 17.4. The Morgan fingerprint density at radius 3 is 2.50 bits per heavy atom. The van der Waals surface area contributed by atoms with Crippen LogP contribution in [-0.4, -0.2) is 44.8 Å². The smallest absolute Gasteiger partial charge is 0.243 e. The van der Waals surface area contributed by atoms with Gasteiger partial charge in [0.2, 0.25) is 10.0 Å². The first kappa shape index (κ1) is 15.2. The van der Waals surface area contributed by atoms with E-state index in [-0.39, 0.29) is 16.6 Å². The van der Waals surface area contributed by atoms with Crippen molar-refractivity contribution in [3.8, 4) is 0 Å². The second-order valence-electron chi connectivity index (χ2n) is 5.06. The Kier molecular flexibility index (Phi) is 4.57. The van der Waals surface area contributed by atoms with E-state index in [0.29, 0.717) is 31.9 Å². The van der Waals surface area contributed by atoms with Gasteiger partial charge in [0.05, 0.1) is 18.1 Å². The van der Waals surface area contributed by atoms with Gasteiger partial charge in [0.15, 0.2) is 5.78 Å². The summed E-state index contributed by atoms with van der Waals surface area (Å²) in [6.07, 6.45) is 0. The van der Waals surface area contributed by atoms with Gasteiger partial charge in [-0.2, -0.15) is 4.31 Å². The number of morpholine rings is 1. The van der Waals surface area contributed by atoms with Crippen molar-refractivity contribution in [1.82, 2.24) is 4.31 Å². The number of sulfonamides is 1. The number of rotatable bonds is 4. The molecule has 0 N–H and O–H groups in total. The lowest BCUT2D eigenvalue weighted by atomic mass is 10.0. The zero-order valence-corrected chi connectivity index (χ0v) is 12.5. The molecule has 20 heavy (non-hydrogen) atoms. The van der Waals surface area contributed by atoms with Crippen LogP contribution in [0.1, 0.15) is 24.2 Å². The van der Waals surface area contributed by atoms with Crippen LogP contribution in [0.2, 0.25) is 0 Å². The van der Waals surface area contributed by atoms with E-state index in [1.807, 2.05) is 0 Å². The lowest BCUT2D eigenvalue weighted by Crippen LogP contribution is -2.40. The van der Waals surface area contributed by atoms with E-state index in [4.69, 9.17) is 4.74 Å². The lowest BCUT2D eigenvalue weighted by Gasteiger charge is -2.26. The highest BCUT2D eigenvalue weighted by Gasteiger charge is 2.27. The SMILES string of the molecule is CC(C)C(=O)c1cccc(S(=O)(=O)N2CCOCC2)c1. The number of ether oxygens (including phenoxy) is 1. The Morgan fingerprint density at radius 2 is 1.90 bits per heavy atom. The summed E-state index contributed by atoms with van der Waals surface area (Å²) >= 11 is 0. The van der Waals surface area contributed by atoms with Crippen molar-refractivity contribution in [2.75, 3.05) is 26.3 Å². The number of carbonyl (C=O) groups is 1. The van der Waals surface area contributed by atoms with Crippen molar-refractivity contribution >= 4 is 15.8 Å². The molecule has 0 atom stereocenters. The molecule has 1 aromatic carbocycles. The van der Waals surface area contributed by atoms with E-state index in [2.05, 4.69) is 0 Å². The van der Waals surface area contributed by atoms with Crippen molar-refractivity contribution in [2.24, 2.45) is 5.92 Å². The monoisotopic (exact) mass is 297 g/mol. The number of Topliss-reactive ketones (excluding diaryl/α,β-unsaturated/α-hetero) is 1. The van der Waals surface area contributed by atoms with Crippen LogP contribution in [0.5, 0.6) is 0 Å². The van der Waals surface area contributed by atoms with Crippen LogP contribution in [0.4, 0.5) is 0 Å². The van der Waals surface area contributed by atoms with E-state index >= 15 is 0 Å². The van der Waals surface area contributed by atoms with Crippen molar-refractivity contribution in [3.05, 3.63) is 29.8 Å². The zero-order chi connectivity index (χ0) is 14.8. The summed E-state index contributed by atoms with van der Waals surface area (Å²) in [6.45, 7) is 5.11. The molecule has 1 aliphatic heterocycles. The summed E-state index contributed by atoms with van der Waals surface area (Å²) in [5.41, 5.74) is 0.439. The first-order valence-electron chi connectivity index (χ1n) is 6.65. The number of nitrogens with zero attached hydrogens (tertiary/aromatic N) is 1. The molecule has 0 aliphatic carbocycles. The fraction of sp³-hybridized carbons (Fsp3) is 0.500. The molecule has 0 unspecified atom stereocenters. The van der Waals surface area contributed by atoms with E-state index < -0.39 is 10.0 Å². The average molecular weight is 297 g/mol. The first-order valence-corrected chi connectivity index (χ1v) is 8.09. The third kappa shape index (κ3) is 3.08. The Hall–Kier alpha value is -1.24. The highest BCUT2D eigenvalue weighted by atomic mass is 32.2. The maximum absolute atomic E-state index is 12.5. The Morgan fingerprint density at radius 1 is 1.25 bits per heavy atom. The minimum absolute atomic E-state index is 0.0518. The molecule has 0 bridgehead atoms. The summed E-state index contributed by atoms with van der Waals surface area (Å²) in [6, 6.07) is 6.26. The third-order valence-electron chi connectivity index (χ3n) is 3.25. The minimum atomic E-state index is -3.54.